The van der Waals surface area contributed by atoms with Gasteiger partial charge in [0.1, 0.15) is 0 Å². The Labute approximate surface area is 91.3 Å². The molecule has 6 heteroatoms. The molecule has 0 amide bonds. The van der Waals surface area contributed by atoms with Gasteiger partial charge in [0.05, 0.1) is 0 Å². The maximum Gasteiger partial charge on any atom is 0.204 e. The molecule has 0 N–H and O–H groups in total. The average molecular weight is 285 g/mol. The van der Waals surface area contributed by atoms with Crippen LogP contribution in [0.15, 0.2) is 51.0 Å². The Bertz CT molecular complexity index is 302. The molecule has 2 rings (SSSR count). The molecule has 0 aliphatic carbocycles. The standard InChI is InChI=1S/C7H7N4P.Pd/c1-2-4-6(5-3-1)12-7-8-10-11-9-7;/h1-5,7,12H;. The Morgan fingerprint density at radius 1 is 1.00 bits per heavy atom. The SMILES string of the molecule is [Pd].c1ccc(PC2N=NN=N2)cc1. The van der Waals surface area contributed by atoms with Crippen LogP contribution >= 0.6 is 8.58 Å². The van der Waals surface area contributed by atoms with Crippen molar-refractivity contribution in [2.45, 2.75) is 5.91 Å². The van der Waals surface area contributed by atoms with Crippen LogP contribution < -0.4 is 5.30 Å². The van der Waals surface area contributed by atoms with Crippen LogP contribution in [-0.2, 0) is 20.4 Å². The van der Waals surface area contributed by atoms with E-state index in [1.807, 2.05) is 18.2 Å². The van der Waals surface area contributed by atoms with E-state index in [0.717, 1.165) is 0 Å². The summed E-state index contributed by atoms with van der Waals surface area (Å²) >= 11 is 0. The predicted molar refractivity (Wildman–Crippen MR) is 47.9 cm³/mol. The summed E-state index contributed by atoms with van der Waals surface area (Å²) in [5, 5.41) is 15.8. The molecule has 0 radical (unpaired) electrons. The van der Waals surface area contributed by atoms with Gasteiger partial charge in [-0.2, -0.15) is 0 Å². The van der Waals surface area contributed by atoms with Crippen LogP contribution in [0.3, 0.4) is 0 Å². The molecule has 1 heterocycles. The van der Waals surface area contributed by atoms with E-state index in [9.17, 15) is 0 Å². The largest absolute Gasteiger partial charge is 0.204 e. The first kappa shape index (κ1) is 10.6. The molecule has 13 heavy (non-hydrogen) atoms. The van der Waals surface area contributed by atoms with Gasteiger partial charge in [-0.25, -0.2) is 0 Å². The molecule has 1 aromatic rings. The fraction of sp³-hybridized carbons (Fsp3) is 0.143. The van der Waals surface area contributed by atoms with Crippen LogP contribution in [0.4, 0.5) is 0 Å². The van der Waals surface area contributed by atoms with E-state index >= 15 is 0 Å². The summed E-state index contributed by atoms with van der Waals surface area (Å²) in [6, 6.07) is 10.1. The predicted octanol–water partition coefficient (Wildman–Crippen LogP) is 2.10. The Morgan fingerprint density at radius 3 is 2.23 bits per heavy atom. The monoisotopic (exact) mass is 284 g/mol. The van der Waals surface area contributed by atoms with Crippen LogP contribution in [0.2, 0.25) is 0 Å². The second kappa shape index (κ2) is 5.29. The average Bonchev–Trinajstić information content (AvgIpc) is 2.59. The molecule has 4 nitrogen and oxygen atoms in total. The fourth-order valence-corrected chi connectivity index (χ4v) is 1.81. The molecule has 0 spiro atoms. The van der Waals surface area contributed by atoms with Crippen LogP contribution in [0.5, 0.6) is 0 Å². The van der Waals surface area contributed by atoms with Crippen LogP contribution in [0, 0.1) is 0 Å². The first-order chi connectivity index (χ1) is 5.95. The third kappa shape index (κ3) is 3.04. The number of rotatable bonds is 2. The van der Waals surface area contributed by atoms with Crippen molar-refractivity contribution < 1.29 is 20.4 Å². The van der Waals surface area contributed by atoms with Gasteiger partial charge in [0.15, 0.2) is 0 Å². The molecule has 0 saturated heterocycles. The van der Waals surface area contributed by atoms with Crippen LogP contribution in [0.1, 0.15) is 0 Å². The first-order valence-electron chi connectivity index (χ1n) is 3.57. The maximum absolute atomic E-state index is 3.83. The zero-order valence-corrected chi connectivity index (χ0v) is 9.12. The summed E-state index contributed by atoms with van der Waals surface area (Å²) in [6.07, 6.45) is 0. The van der Waals surface area contributed by atoms with Gasteiger partial charge in [-0.15, -0.1) is 10.2 Å². The molecular weight excluding hydrogens is 277 g/mol. The first-order valence-corrected chi connectivity index (χ1v) is 4.64. The van der Waals surface area contributed by atoms with Crippen molar-refractivity contribution in [3.63, 3.8) is 0 Å². The molecule has 1 aromatic carbocycles. The quantitative estimate of drug-likeness (QED) is 0.590. The van der Waals surface area contributed by atoms with E-state index in [-0.39, 0.29) is 26.3 Å². The molecule has 1 unspecified atom stereocenters. The van der Waals surface area contributed by atoms with Gasteiger partial charge in [-0.1, -0.05) is 30.3 Å². The zero-order chi connectivity index (χ0) is 8.23. The Kier molecular flexibility index (Phi) is 4.31. The minimum absolute atomic E-state index is 0. The van der Waals surface area contributed by atoms with Gasteiger partial charge in [-0.05, 0) is 24.3 Å². The van der Waals surface area contributed by atoms with Crippen molar-refractivity contribution in [3.05, 3.63) is 30.3 Å². The number of hydrogen-bond donors (Lipinski definition) is 0. The zero-order valence-electron chi connectivity index (χ0n) is 6.57. The molecule has 0 aromatic heterocycles. The molecule has 0 fully saturated rings. The van der Waals surface area contributed by atoms with E-state index in [2.05, 4.69) is 32.8 Å². The summed E-state index contributed by atoms with van der Waals surface area (Å²) in [6.45, 7) is 0. The van der Waals surface area contributed by atoms with Gasteiger partial charge in [0.2, 0.25) is 5.91 Å². The van der Waals surface area contributed by atoms with Crippen LogP contribution in [-0.4, -0.2) is 5.91 Å². The smallest absolute Gasteiger partial charge is 0.133 e. The summed E-state index contributed by atoms with van der Waals surface area (Å²) in [5.41, 5.74) is 0. The Hall–Kier alpha value is -0.488. The van der Waals surface area contributed by atoms with Gasteiger partial charge in [0.25, 0.3) is 0 Å². The van der Waals surface area contributed by atoms with Crippen molar-refractivity contribution >= 4 is 13.9 Å². The van der Waals surface area contributed by atoms with Crippen molar-refractivity contribution in [3.8, 4) is 0 Å². The number of benzene rings is 1. The minimum Gasteiger partial charge on any atom is -0.133 e. The van der Waals surface area contributed by atoms with E-state index in [1.54, 1.807) is 0 Å². The number of hydrogen-bond acceptors (Lipinski definition) is 4. The molecule has 0 bridgehead atoms. The van der Waals surface area contributed by atoms with E-state index in [4.69, 9.17) is 0 Å². The van der Waals surface area contributed by atoms with E-state index in [1.165, 1.54) is 5.30 Å². The Morgan fingerprint density at radius 2 is 1.62 bits per heavy atom. The second-order valence-corrected chi connectivity index (χ2v) is 3.68. The molecule has 70 valence electrons. The van der Waals surface area contributed by atoms with Crippen LogP contribution in [0.25, 0.3) is 0 Å². The van der Waals surface area contributed by atoms with Gasteiger partial charge < -0.3 is 0 Å². The topological polar surface area (TPSA) is 49.4 Å². The van der Waals surface area contributed by atoms with Gasteiger partial charge >= 0.3 is 0 Å². The molecule has 0 saturated carbocycles. The normalized spacial score (nSPS) is 15.4. The molecular formula is C7H7N4PPd. The summed E-state index contributed by atoms with van der Waals surface area (Å²) in [5.74, 6) is -0.0765. The molecule has 1 atom stereocenters. The van der Waals surface area contributed by atoms with Gasteiger partial charge in [-0.3, -0.25) is 0 Å². The summed E-state index contributed by atoms with van der Waals surface area (Å²) in [4.78, 5) is 0. The second-order valence-electron chi connectivity index (χ2n) is 2.29. The number of nitrogens with zero attached hydrogens (tertiary/aromatic N) is 4. The van der Waals surface area contributed by atoms with Crippen molar-refractivity contribution in [2.75, 3.05) is 0 Å². The van der Waals surface area contributed by atoms with E-state index < -0.39 is 0 Å². The van der Waals surface area contributed by atoms with Crippen molar-refractivity contribution in [2.24, 2.45) is 20.7 Å². The third-order valence-corrected chi connectivity index (χ3v) is 2.59. The molecule has 1 aliphatic heterocycles. The van der Waals surface area contributed by atoms with Crippen molar-refractivity contribution in [1.82, 2.24) is 0 Å². The minimum atomic E-state index is -0.0765. The summed E-state index contributed by atoms with van der Waals surface area (Å²) in [7, 11) is 0.537. The third-order valence-electron chi connectivity index (χ3n) is 1.43. The van der Waals surface area contributed by atoms with E-state index in [0.29, 0.717) is 8.58 Å². The Balaban J connectivity index is 0.000000845. The van der Waals surface area contributed by atoms with Gasteiger partial charge in [0, 0.05) is 20.4 Å². The fourth-order valence-electron chi connectivity index (χ4n) is 0.908. The maximum atomic E-state index is 3.83. The van der Waals surface area contributed by atoms with Crippen molar-refractivity contribution in [1.29, 1.82) is 0 Å². The summed E-state index contributed by atoms with van der Waals surface area (Å²) < 4.78 is 0. The molecule has 1 aliphatic rings.